The predicted molar refractivity (Wildman–Crippen MR) is 70.5 cm³/mol. The van der Waals surface area contributed by atoms with Gasteiger partial charge in [0.15, 0.2) is 0 Å². The fourth-order valence-corrected chi connectivity index (χ4v) is 3.32. The first kappa shape index (κ1) is 14.5. The van der Waals surface area contributed by atoms with Crippen LogP contribution in [-0.4, -0.2) is 31.6 Å². The molecular formula is C11H17NO3S2. The average molecular weight is 275 g/mol. The molecule has 0 aromatic heterocycles. The highest BCUT2D eigenvalue weighted by Gasteiger charge is 2.16. The van der Waals surface area contributed by atoms with Gasteiger partial charge in [-0.25, -0.2) is 13.1 Å². The van der Waals surface area contributed by atoms with Gasteiger partial charge in [0.25, 0.3) is 0 Å². The van der Waals surface area contributed by atoms with Gasteiger partial charge in [-0.1, -0.05) is 12.1 Å². The van der Waals surface area contributed by atoms with Crippen molar-refractivity contribution in [3.63, 3.8) is 0 Å². The van der Waals surface area contributed by atoms with Gasteiger partial charge in [0.05, 0.1) is 11.5 Å². The van der Waals surface area contributed by atoms with Crippen molar-refractivity contribution in [3.8, 4) is 0 Å². The lowest BCUT2D eigenvalue weighted by atomic mass is 10.2. The lowest BCUT2D eigenvalue weighted by molar-refractivity contribution is 0.282. The van der Waals surface area contributed by atoms with E-state index < -0.39 is 10.0 Å². The molecule has 96 valence electrons. The number of nitrogens with one attached hydrogen (secondary N) is 1. The van der Waals surface area contributed by atoms with E-state index in [1.807, 2.05) is 13.2 Å². The Balaban J connectivity index is 2.82. The molecule has 0 aliphatic rings. The molecule has 1 atom stereocenters. The second-order valence-electron chi connectivity index (χ2n) is 3.78. The Bertz CT molecular complexity index is 442. The highest BCUT2D eigenvalue weighted by Crippen LogP contribution is 2.11. The van der Waals surface area contributed by atoms with Crippen LogP contribution in [0.1, 0.15) is 12.5 Å². The molecule has 4 nitrogen and oxygen atoms in total. The Morgan fingerprint density at radius 2 is 1.94 bits per heavy atom. The quantitative estimate of drug-likeness (QED) is 0.819. The SMILES string of the molecule is CSCC(C)NS(=O)(=O)c1ccc(CO)cc1. The fourth-order valence-electron chi connectivity index (χ4n) is 1.39. The van der Waals surface area contributed by atoms with Crippen molar-refractivity contribution in [1.82, 2.24) is 4.72 Å². The van der Waals surface area contributed by atoms with Crippen LogP contribution >= 0.6 is 11.8 Å². The maximum absolute atomic E-state index is 11.9. The van der Waals surface area contributed by atoms with Crippen molar-refractivity contribution < 1.29 is 13.5 Å². The van der Waals surface area contributed by atoms with Gasteiger partial charge in [-0.05, 0) is 30.9 Å². The number of benzene rings is 1. The zero-order chi connectivity index (χ0) is 12.9. The summed E-state index contributed by atoms with van der Waals surface area (Å²) in [5.74, 6) is 0.730. The zero-order valence-electron chi connectivity index (χ0n) is 9.88. The van der Waals surface area contributed by atoms with E-state index in [4.69, 9.17) is 5.11 Å². The van der Waals surface area contributed by atoms with Crippen LogP contribution in [0.3, 0.4) is 0 Å². The Morgan fingerprint density at radius 1 is 1.35 bits per heavy atom. The lowest BCUT2D eigenvalue weighted by Gasteiger charge is -2.13. The van der Waals surface area contributed by atoms with Crippen LogP contribution in [0.25, 0.3) is 0 Å². The van der Waals surface area contributed by atoms with Gasteiger partial charge < -0.3 is 5.11 Å². The summed E-state index contributed by atoms with van der Waals surface area (Å²) in [4.78, 5) is 0.225. The number of thioether (sulfide) groups is 1. The number of rotatable bonds is 6. The molecule has 0 bridgehead atoms. The number of hydrogen-bond donors (Lipinski definition) is 2. The minimum Gasteiger partial charge on any atom is -0.392 e. The van der Waals surface area contributed by atoms with Gasteiger partial charge in [-0.3, -0.25) is 0 Å². The van der Waals surface area contributed by atoms with E-state index in [0.717, 1.165) is 5.75 Å². The topological polar surface area (TPSA) is 66.4 Å². The van der Waals surface area contributed by atoms with Crippen molar-refractivity contribution >= 4 is 21.8 Å². The molecule has 1 aromatic rings. The minimum absolute atomic E-state index is 0.0867. The van der Waals surface area contributed by atoms with Crippen LogP contribution in [0.15, 0.2) is 29.2 Å². The molecule has 0 fully saturated rings. The van der Waals surface area contributed by atoms with Crippen molar-refractivity contribution in [1.29, 1.82) is 0 Å². The second-order valence-corrected chi connectivity index (χ2v) is 6.40. The van der Waals surface area contributed by atoms with E-state index in [2.05, 4.69) is 4.72 Å². The van der Waals surface area contributed by atoms with Gasteiger partial charge in [0, 0.05) is 11.8 Å². The van der Waals surface area contributed by atoms with Crippen molar-refractivity contribution in [2.24, 2.45) is 0 Å². The first-order valence-corrected chi connectivity index (χ1v) is 8.08. The van der Waals surface area contributed by atoms with E-state index >= 15 is 0 Å². The molecule has 1 aromatic carbocycles. The van der Waals surface area contributed by atoms with Crippen LogP contribution in [-0.2, 0) is 16.6 Å². The molecular weight excluding hydrogens is 258 g/mol. The van der Waals surface area contributed by atoms with Crippen molar-refractivity contribution in [2.75, 3.05) is 12.0 Å². The third-order valence-corrected chi connectivity index (χ3v) is 4.63. The van der Waals surface area contributed by atoms with Crippen molar-refractivity contribution in [2.45, 2.75) is 24.5 Å². The van der Waals surface area contributed by atoms with Gasteiger partial charge in [0.1, 0.15) is 0 Å². The summed E-state index contributed by atoms with van der Waals surface area (Å²) in [5, 5.41) is 8.88. The van der Waals surface area contributed by atoms with Crippen LogP contribution < -0.4 is 4.72 Å². The molecule has 0 aliphatic carbocycles. The van der Waals surface area contributed by atoms with Gasteiger partial charge >= 0.3 is 0 Å². The summed E-state index contributed by atoms with van der Waals surface area (Å²) >= 11 is 1.59. The summed E-state index contributed by atoms with van der Waals surface area (Å²) < 4.78 is 26.5. The second kappa shape index (κ2) is 6.39. The Labute approximate surface area is 106 Å². The van der Waals surface area contributed by atoms with Gasteiger partial charge in [-0.2, -0.15) is 11.8 Å². The van der Waals surface area contributed by atoms with Crippen LogP contribution in [0.2, 0.25) is 0 Å². The fraction of sp³-hybridized carbons (Fsp3) is 0.455. The third-order valence-electron chi connectivity index (χ3n) is 2.19. The molecule has 17 heavy (non-hydrogen) atoms. The predicted octanol–water partition coefficient (Wildman–Crippen LogP) is 1.21. The summed E-state index contributed by atoms with van der Waals surface area (Å²) in [6.07, 6.45) is 1.93. The molecule has 0 saturated carbocycles. The number of hydrogen-bond acceptors (Lipinski definition) is 4. The summed E-state index contributed by atoms with van der Waals surface area (Å²) in [7, 11) is -3.45. The molecule has 1 unspecified atom stereocenters. The number of sulfonamides is 1. The lowest BCUT2D eigenvalue weighted by Crippen LogP contribution is -2.34. The van der Waals surface area contributed by atoms with Gasteiger partial charge in [0.2, 0.25) is 10.0 Å². The molecule has 0 spiro atoms. The van der Waals surface area contributed by atoms with E-state index in [1.54, 1.807) is 23.9 Å². The van der Waals surface area contributed by atoms with E-state index in [1.165, 1.54) is 12.1 Å². The molecule has 2 N–H and O–H groups in total. The highest BCUT2D eigenvalue weighted by atomic mass is 32.2. The number of aliphatic hydroxyl groups excluding tert-OH is 1. The zero-order valence-corrected chi connectivity index (χ0v) is 11.5. The normalized spacial score (nSPS) is 13.6. The Morgan fingerprint density at radius 3 is 2.41 bits per heavy atom. The largest absolute Gasteiger partial charge is 0.392 e. The van der Waals surface area contributed by atoms with E-state index in [0.29, 0.717) is 5.56 Å². The van der Waals surface area contributed by atoms with Crippen LogP contribution in [0.5, 0.6) is 0 Å². The Hall–Kier alpha value is -0.560. The highest BCUT2D eigenvalue weighted by molar-refractivity contribution is 7.98. The average Bonchev–Trinajstić information content (AvgIpc) is 2.28. The maximum atomic E-state index is 11.9. The molecule has 0 amide bonds. The Kier molecular flexibility index (Phi) is 5.45. The third kappa shape index (κ3) is 4.31. The number of aliphatic hydroxyl groups is 1. The summed E-state index contributed by atoms with van der Waals surface area (Å²) in [6, 6.07) is 6.11. The van der Waals surface area contributed by atoms with E-state index in [9.17, 15) is 8.42 Å². The smallest absolute Gasteiger partial charge is 0.240 e. The maximum Gasteiger partial charge on any atom is 0.240 e. The molecule has 6 heteroatoms. The molecule has 1 rings (SSSR count). The first-order chi connectivity index (χ1) is 7.99. The molecule has 0 radical (unpaired) electrons. The van der Waals surface area contributed by atoms with Crippen LogP contribution in [0.4, 0.5) is 0 Å². The van der Waals surface area contributed by atoms with Gasteiger partial charge in [-0.15, -0.1) is 0 Å². The first-order valence-electron chi connectivity index (χ1n) is 5.20. The van der Waals surface area contributed by atoms with Crippen LogP contribution in [0, 0.1) is 0 Å². The monoisotopic (exact) mass is 275 g/mol. The standard InChI is InChI=1S/C11H17NO3S2/c1-9(8-16-2)12-17(14,15)11-5-3-10(7-13)4-6-11/h3-6,9,12-13H,7-8H2,1-2H3. The molecule has 0 aliphatic heterocycles. The van der Waals surface area contributed by atoms with E-state index in [-0.39, 0.29) is 17.5 Å². The summed E-state index contributed by atoms with van der Waals surface area (Å²) in [5.41, 5.74) is 0.695. The van der Waals surface area contributed by atoms with Crippen molar-refractivity contribution in [3.05, 3.63) is 29.8 Å². The molecule has 0 heterocycles. The molecule has 0 saturated heterocycles. The minimum atomic E-state index is -3.45. The summed E-state index contributed by atoms with van der Waals surface area (Å²) in [6.45, 7) is 1.74.